The molecule has 0 aliphatic heterocycles. The van der Waals surface area contributed by atoms with E-state index in [1.165, 1.54) is 6.07 Å². The number of halogens is 1. The van der Waals surface area contributed by atoms with Crippen LogP contribution in [0.25, 0.3) is 0 Å². The van der Waals surface area contributed by atoms with Crippen LogP contribution in [0.1, 0.15) is 0 Å². The number of hydrogen-bond donors (Lipinski definition) is 0. The first kappa shape index (κ1) is 7.91. The number of nitrogens with zero attached hydrogens (tertiary/aromatic N) is 1. The van der Waals surface area contributed by atoms with Crippen molar-refractivity contribution >= 4 is 24.5 Å². The van der Waals surface area contributed by atoms with E-state index in [4.69, 9.17) is 0 Å². The van der Waals surface area contributed by atoms with Crippen LogP contribution in [0.15, 0.2) is 24.3 Å². The lowest BCUT2D eigenvalue weighted by Gasteiger charge is -2.11. The zero-order valence-corrected chi connectivity index (χ0v) is 7.60. The first-order valence-corrected chi connectivity index (χ1v) is 3.79. The Morgan fingerprint density at radius 1 is 1.20 bits per heavy atom. The predicted molar refractivity (Wildman–Crippen MR) is 48.3 cm³/mol. The van der Waals surface area contributed by atoms with Gasteiger partial charge in [0, 0.05) is 0 Å². The van der Waals surface area contributed by atoms with Crippen LogP contribution in [0.4, 0.5) is 10.1 Å². The third kappa shape index (κ3) is 1.65. The third-order valence-corrected chi connectivity index (χ3v) is 1.69. The number of hydrogen-bond acceptors (Lipinski definition) is 1. The van der Waals surface area contributed by atoms with Gasteiger partial charge in [0.2, 0.25) is 0 Å². The highest BCUT2D eigenvalue weighted by Crippen LogP contribution is 2.24. The summed E-state index contributed by atoms with van der Waals surface area (Å²) in [6, 6.07) is 6.59. The van der Waals surface area contributed by atoms with Gasteiger partial charge in [-0.05, 0) is 30.9 Å². The van der Waals surface area contributed by atoms with E-state index in [0.29, 0.717) is 5.69 Å². The lowest BCUT2D eigenvalue weighted by Crippen LogP contribution is -1.92. The zero-order valence-electron chi connectivity index (χ0n) is 5.29. The van der Waals surface area contributed by atoms with E-state index < -0.39 is 0 Å². The minimum atomic E-state index is -0.215. The van der Waals surface area contributed by atoms with Gasteiger partial charge in [-0.3, -0.25) is 0 Å². The summed E-state index contributed by atoms with van der Waals surface area (Å²) in [5.41, 5.74) is 0.553. The van der Waals surface area contributed by atoms with Crippen LogP contribution in [-0.2, 0) is 0 Å². The van der Waals surface area contributed by atoms with Gasteiger partial charge in [0.05, 0.1) is 5.69 Å². The van der Waals surface area contributed by atoms with Crippen LogP contribution >= 0.6 is 18.8 Å². The molecule has 0 aliphatic carbocycles. The summed E-state index contributed by atoms with van der Waals surface area (Å²) in [5, 5.41) is 0. The molecule has 0 radical (unpaired) electrons. The van der Waals surface area contributed by atoms with Crippen molar-refractivity contribution in [3.05, 3.63) is 30.1 Å². The maximum atomic E-state index is 12.8. The molecule has 0 heterocycles. The molecule has 1 nitrogen and oxygen atoms in total. The number of para-hydroxylation sites is 1. The Morgan fingerprint density at radius 2 is 1.80 bits per heavy atom. The molecule has 0 spiro atoms. The number of anilines is 1. The molecule has 2 atom stereocenters. The molecule has 0 bridgehead atoms. The van der Waals surface area contributed by atoms with Gasteiger partial charge in [0.15, 0.2) is 0 Å². The maximum Gasteiger partial charge on any atom is 0.146 e. The quantitative estimate of drug-likeness (QED) is 0.591. The minimum absolute atomic E-state index is 0.215. The molecule has 0 amide bonds. The Morgan fingerprint density at radius 3 is 2.20 bits per heavy atom. The summed E-state index contributed by atoms with van der Waals surface area (Å²) < 4.78 is 14.4. The smallest absolute Gasteiger partial charge is 0.146 e. The summed E-state index contributed by atoms with van der Waals surface area (Å²) in [5.74, 6) is -0.215. The third-order valence-electron chi connectivity index (χ3n) is 1.13. The van der Waals surface area contributed by atoms with Crippen molar-refractivity contribution in [3.8, 4) is 0 Å². The lowest BCUT2D eigenvalue weighted by atomic mass is 10.3. The fourth-order valence-electron chi connectivity index (χ4n) is 0.661. The molecule has 54 valence electrons. The maximum absolute atomic E-state index is 12.8. The number of rotatable bonds is 1. The van der Waals surface area contributed by atoms with Gasteiger partial charge in [-0.25, -0.2) is 4.39 Å². The summed E-state index contributed by atoms with van der Waals surface area (Å²) in [6.07, 6.45) is 0. The van der Waals surface area contributed by atoms with E-state index in [1.54, 1.807) is 22.6 Å². The van der Waals surface area contributed by atoms with Gasteiger partial charge in [-0.15, -0.1) is 0 Å². The van der Waals surface area contributed by atoms with Crippen molar-refractivity contribution in [3.63, 3.8) is 0 Å². The van der Waals surface area contributed by atoms with Gasteiger partial charge < -0.3 is 4.44 Å². The Bertz CT molecular complexity index is 227. The van der Waals surface area contributed by atoms with Gasteiger partial charge in [0.1, 0.15) is 5.82 Å². The van der Waals surface area contributed by atoms with Crippen molar-refractivity contribution in [1.29, 1.82) is 0 Å². The van der Waals surface area contributed by atoms with Crippen molar-refractivity contribution in [2.24, 2.45) is 0 Å². The second kappa shape index (κ2) is 3.27. The fraction of sp³-hybridized carbons (Fsp3) is 0. The van der Waals surface area contributed by atoms with E-state index in [9.17, 15) is 4.39 Å². The van der Waals surface area contributed by atoms with E-state index in [2.05, 4.69) is 18.8 Å². The Kier molecular flexibility index (Phi) is 2.59. The van der Waals surface area contributed by atoms with Crippen LogP contribution in [0, 0.1) is 5.82 Å². The molecule has 0 N–H and O–H groups in total. The van der Waals surface area contributed by atoms with Gasteiger partial charge in [-0.2, -0.15) is 0 Å². The first-order valence-electron chi connectivity index (χ1n) is 2.76. The van der Waals surface area contributed by atoms with Gasteiger partial charge in [-0.1, -0.05) is 12.1 Å². The summed E-state index contributed by atoms with van der Waals surface area (Å²) in [4.78, 5) is 0. The van der Waals surface area contributed by atoms with Gasteiger partial charge >= 0.3 is 0 Å². The highest BCUT2D eigenvalue weighted by Gasteiger charge is 1.99. The molecule has 0 saturated heterocycles. The highest BCUT2D eigenvalue weighted by atomic mass is 31.1. The van der Waals surface area contributed by atoms with E-state index >= 15 is 0 Å². The Hall–Kier alpha value is -0.190. The fourth-order valence-corrected chi connectivity index (χ4v) is 1.08. The van der Waals surface area contributed by atoms with Crippen LogP contribution in [0.5, 0.6) is 0 Å². The average Bonchev–Trinajstić information content (AvgIpc) is 1.88. The van der Waals surface area contributed by atoms with Gasteiger partial charge in [0.25, 0.3) is 0 Å². The SMILES string of the molecule is Fc1ccccc1N(P)P. The lowest BCUT2D eigenvalue weighted by molar-refractivity contribution is 0.631. The molecule has 0 aliphatic rings. The summed E-state index contributed by atoms with van der Waals surface area (Å²) in [7, 11) is 4.72. The molecule has 0 aromatic heterocycles. The predicted octanol–water partition coefficient (Wildman–Crippen LogP) is 2.21. The standard InChI is InChI=1S/C6H8FNP2/c7-5-3-1-2-4-6(5)8(9)10/h1-4H,9-10H2. The molecular weight excluding hydrogens is 167 g/mol. The molecule has 0 saturated carbocycles. The molecule has 0 fully saturated rings. The van der Waals surface area contributed by atoms with Crippen molar-refractivity contribution < 1.29 is 4.39 Å². The van der Waals surface area contributed by atoms with Crippen molar-refractivity contribution in [1.82, 2.24) is 0 Å². The normalized spacial score (nSPS) is 9.50. The van der Waals surface area contributed by atoms with Crippen LogP contribution in [-0.4, -0.2) is 0 Å². The topological polar surface area (TPSA) is 3.24 Å². The molecule has 2 unspecified atom stereocenters. The summed E-state index contributed by atoms with van der Waals surface area (Å²) in [6.45, 7) is 0. The first-order chi connectivity index (χ1) is 4.72. The second-order valence-electron chi connectivity index (χ2n) is 1.86. The van der Waals surface area contributed by atoms with Crippen LogP contribution in [0.3, 0.4) is 0 Å². The van der Waals surface area contributed by atoms with Crippen molar-refractivity contribution in [2.75, 3.05) is 4.44 Å². The van der Waals surface area contributed by atoms with Crippen LogP contribution < -0.4 is 4.44 Å². The van der Waals surface area contributed by atoms with E-state index in [-0.39, 0.29) is 5.82 Å². The van der Waals surface area contributed by atoms with Crippen molar-refractivity contribution in [2.45, 2.75) is 0 Å². The second-order valence-corrected chi connectivity index (χ2v) is 3.57. The van der Waals surface area contributed by atoms with E-state index in [0.717, 1.165) is 0 Å². The molecule has 1 aromatic rings. The highest BCUT2D eigenvalue weighted by molar-refractivity contribution is 7.39. The van der Waals surface area contributed by atoms with Crippen LogP contribution in [0.2, 0.25) is 0 Å². The Labute approximate surface area is 64.1 Å². The molecule has 1 aromatic carbocycles. The minimum Gasteiger partial charge on any atom is -0.339 e. The molecule has 10 heavy (non-hydrogen) atoms. The largest absolute Gasteiger partial charge is 0.339 e. The zero-order chi connectivity index (χ0) is 7.56. The Balaban J connectivity index is 3.03. The number of benzene rings is 1. The monoisotopic (exact) mass is 175 g/mol. The summed E-state index contributed by atoms with van der Waals surface area (Å²) >= 11 is 0. The molecule has 1 rings (SSSR count). The molecule has 4 heteroatoms. The average molecular weight is 175 g/mol. The van der Waals surface area contributed by atoms with E-state index in [1.807, 2.05) is 0 Å². The molecular formula is C6H8FNP2.